The molecule has 4 rings (SSSR count). The van der Waals surface area contributed by atoms with Crippen LogP contribution < -0.4 is 11.1 Å². The number of anilines is 1. The van der Waals surface area contributed by atoms with Gasteiger partial charge in [-0.25, -0.2) is 0 Å². The first-order valence-electron chi connectivity index (χ1n) is 13.6. The third-order valence-corrected chi connectivity index (χ3v) is 7.95. The summed E-state index contributed by atoms with van der Waals surface area (Å²) >= 11 is 0. The second-order valence-electron chi connectivity index (χ2n) is 10.8. The number of carbonyl (C=O) groups is 2. The highest BCUT2D eigenvalue weighted by molar-refractivity contribution is 5.99. The molecule has 1 heterocycles. The number of non-ortho nitro benzene ring substituents is 1. The van der Waals surface area contributed by atoms with E-state index in [1.54, 1.807) is 19.0 Å². The third kappa shape index (κ3) is 6.23. The first kappa shape index (κ1) is 29.7. The fourth-order valence-corrected chi connectivity index (χ4v) is 5.78. The second kappa shape index (κ2) is 12.5. The number of nitrogen functional groups attached to an aromatic ring is 1. The second-order valence-corrected chi connectivity index (χ2v) is 10.8. The Hall–Kier alpha value is -4.28. The lowest BCUT2D eigenvalue weighted by atomic mass is 9.69. The molecule has 216 valence electrons. The molecule has 1 unspecified atom stereocenters. The van der Waals surface area contributed by atoms with Crippen molar-refractivity contribution in [1.82, 2.24) is 15.1 Å². The SMILES string of the molecule is CC(CC(C(=O)N(C)C)(c1ccccc1)c1ccccc1)N1CC[C@H](NC(=O)c2ccc([N+](=O)[O-])cc2N)[C@@H](O)C1. The van der Waals surface area contributed by atoms with Gasteiger partial charge in [-0.05, 0) is 37.0 Å². The Morgan fingerprint density at radius 2 is 1.68 bits per heavy atom. The molecule has 1 aliphatic heterocycles. The summed E-state index contributed by atoms with van der Waals surface area (Å²) in [7, 11) is 3.53. The Kier molecular flexibility index (Phi) is 9.05. The summed E-state index contributed by atoms with van der Waals surface area (Å²) in [6, 6.07) is 22.7. The van der Waals surface area contributed by atoms with E-state index >= 15 is 0 Å². The van der Waals surface area contributed by atoms with Gasteiger partial charge in [0, 0.05) is 45.4 Å². The van der Waals surface area contributed by atoms with E-state index in [2.05, 4.69) is 17.1 Å². The maximum Gasteiger partial charge on any atom is 0.271 e. The first-order chi connectivity index (χ1) is 19.5. The summed E-state index contributed by atoms with van der Waals surface area (Å²) in [6.07, 6.45) is 0.109. The Bertz CT molecular complexity index is 1340. The van der Waals surface area contributed by atoms with Crippen molar-refractivity contribution in [2.75, 3.05) is 32.9 Å². The Balaban J connectivity index is 1.53. The molecule has 0 saturated carbocycles. The Labute approximate surface area is 239 Å². The van der Waals surface area contributed by atoms with Crippen LogP contribution in [0.2, 0.25) is 0 Å². The van der Waals surface area contributed by atoms with Gasteiger partial charge in [-0.15, -0.1) is 0 Å². The molecule has 10 nitrogen and oxygen atoms in total. The van der Waals surface area contributed by atoms with Gasteiger partial charge >= 0.3 is 0 Å². The zero-order valence-corrected chi connectivity index (χ0v) is 23.6. The number of nitrogens with one attached hydrogen (secondary N) is 1. The van der Waals surface area contributed by atoms with Gasteiger partial charge in [0.15, 0.2) is 0 Å². The van der Waals surface area contributed by atoms with Gasteiger partial charge in [0.2, 0.25) is 5.91 Å². The van der Waals surface area contributed by atoms with Crippen LogP contribution in [0.3, 0.4) is 0 Å². The molecule has 0 radical (unpaired) electrons. The number of benzene rings is 3. The van der Waals surface area contributed by atoms with Gasteiger partial charge < -0.3 is 21.1 Å². The van der Waals surface area contributed by atoms with Gasteiger partial charge in [0.25, 0.3) is 11.6 Å². The van der Waals surface area contributed by atoms with Gasteiger partial charge in [-0.3, -0.25) is 24.6 Å². The number of β-amino-alcohol motifs (C(OH)–C–C–N with tert-alkyl or cyclic N) is 1. The number of nitro benzene ring substituents is 1. The number of piperidine rings is 1. The van der Waals surface area contributed by atoms with Crippen molar-refractivity contribution >= 4 is 23.2 Å². The Morgan fingerprint density at radius 3 is 2.17 bits per heavy atom. The zero-order chi connectivity index (χ0) is 29.7. The van der Waals surface area contributed by atoms with Crippen LogP contribution in [0.25, 0.3) is 0 Å². The van der Waals surface area contributed by atoms with Crippen molar-refractivity contribution in [3.05, 3.63) is 106 Å². The van der Waals surface area contributed by atoms with E-state index in [0.29, 0.717) is 25.9 Å². The van der Waals surface area contributed by atoms with Crippen LogP contribution in [0.4, 0.5) is 11.4 Å². The smallest absolute Gasteiger partial charge is 0.271 e. The van der Waals surface area contributed by atoms with Crippen molar-refractivity contribution in [3.8, 4) is 0 Å². The number of amides is 2. The molecule has 0 spiro atoms. The topological polar surface area (TPSA) is 142 Å². The van der Waals surface area contributed by atoms with Gasteiger partial charge in [0.05, 0.1) is 28.3 Å². The maximum absolute atomic E-state index is 14.0. The molecule has 1 saturated heterocycles. The minimum absolute atomic E-state index is 0.000899. The number of hydrogen-bond acceptors (Lipinski definition) is 7. The van der Waals surface area contributed by atoms with Crippen LogP contribution in [0.5, 0.6) is 0 Å². The average Bonchev–Trinajstić information content (AvgIpc) is 2.97. The number of likely N-dealkylation sites (tertiary alicyclic amines) is 1. The highest BCUT2D eigenvalue weighted by atomic mass is 16.6. The maximum atomic E-state index is 14.0. The third-order valence-electron chi connectivity index (χ3n) is 7.95. The van der Waals surface area contributed by atoms with Crippen LogP contribution in [0.1, 0.15) is 41.3 Å². The van der Waals surface area contributed by atoms with Crippen molar-refractivity contribution in [2.45, 2.75) is 43.4 Å². The van der Waals surface area contributed by atoms with Crippen LogP contribution >= 0.6 is 0 Å². The van der Waals surface area contributed by atoms with Crippen LogP contribution in [0, 0.1) is 10.1 Å². The standard InChI is InChI=1S/C31H37N5O5/c1-21(19-31(30(39)34(2)3,22-10-6-4-7-11-22)23-12-8-5-9-13-23)35-17-16-27(28(37)20-35)33-29(38)25-15-14-24(36(40)41)18-26(25)32/h4-15,18,21,27-28,37H,16-17,19-20,32H2,1-3H3,(H,33,38)/t21?,27-,28-/m0/s1. The van der Waals surface area contributed by atoms with Crippen molar-refractivity contribution in [1.29, 1.82) is 0 Å². The molecule has 3 aromatic carbocycles. The summed E-state index contributed by atoms with van der Waals surface area (Å²) in [6.45, 7) is 2.96. The molecule has 2 amide bonds. The number of likely N-dealkylation sites (N-methyl/N-ethyl adjacent to an activating group) is 1. The first-order valence-corrected chi connectivity index (χ1v) is 13.6. The largest absolute Gasteiger partial charge is 0.398 e. The molecule has 0 bridgehead atoms. The normalized spacial score (nSPS) is 18.3. The highest BCUT2D eigenvalue weighted by Gasteiger charge is 2.45. The number of hydrogen-bond donors (Lipinski definition) is 3. The number of aliphatic hydroxyl groups is 1. The van der Waals surface area contributed by atoms with Gasteiger partial charge in [0.1, 0.15) is 5.41 Å². The zero-order valence-electron chi connectivity index (χ0n) is 23.6. The molecule has 3 atom stereocenters. The molecule has 1 aliphatic rings. The average molecular weight is 560 g/mol. The molecule has 10 heteroatoms. The lowest BCUT2D eigenvalue weighted by Gasteiger charge is -2.44. The van der Waals surface area contributed by atoms with E-state index in [4.69, 9.17) is 5.73 Å². The molecule has 1 fully saturated rings. The minimum Gasteiger partial charge on any atom is -0.398 e. The van der Waals surface area contributed by atoms with Crippen molar-refractivity contribution < 1.29 is 19.6 Å². The van der Waals surface area contributed by atoms with Gasteiger partial charge in [-0.1, -0.05) is 60.7 Å². The predicted octanol–water partition coefficient (Wildman–Crippen LogP) is 3.20. The Morgan fingerprint density at radius 1 is 1.10 bits per heavy atom. The predicted molar refractivity (Wildman–Crippen MR) is 157 cm³/mol. The molecule has 41 heavy (non-hydrogen) atoms. The molecule has 0 aliphatic carbocycles. The monoisotopic (exact) mass is 559 g/mol. The van der Waals surface area contributed by atoms with E-state index < -0.39 is 28.4 Å². The summed E-state index contributed by atoms with van der Waals surface area (Å²) in [5.74, 6) is -0.517. The van der Waals surface area contributed by atoms with E-state index in [1.165, 1.54) is 12.1 Å². The van der Waals surface area contributed by atoms with E-state index in [-0.39, 0.29) is 28.9 Å². The molecular weight excluding hydrogens is 522 g/mol. The number of nitrogens with two attached hydrogens (primary N) is 1. The number of carbonyl (C=O) groups excluding carboxylic acids is 2. The summed E-state index contributed by atoms with van der Waals surface area (Å²) in [4.78, 5) is 41.1. The number of aliphatic hydroxyl groups excluding tert-OH is 1. The lowest BCUT2D eigenvalue weighted by Crippen LogP contribution is -2.57. The number of rotatable bonds is 9. The van der Waals surface area contributed by atoms with Crippen molar-refractivity contribution in [2.24, 2.45) is 0 Å². The summed E-state index contributed by atoms with van der Waals surface area (Å²) in [5.41, 5.74) is 6.69. The fraction of sp³-hybridized carbons (Fsp3) is 0.355. The van der Waals surface area contributed by atoms with E-state index in [0.717, 1.165) is 17.2 Å². The molecule has 3 aromatic rings. The number of nitrogens with zero attached hydrogens (tertiary/aromatic N) is 3. The highest BCUT2D eigenvalue weighted by Crippen LogP contribution is 2.40. The summed E-state index contributed by atoms with van der Waals surface area (Å²) < 4.78 is 0. The molecular formula is C31H37N5O5. The van der Waals surface area contributed by atoms with Crippen LogP contribution in [0.15, 0.2) is 78.9 Å². The number of nitro groups is 1. The minimum atomic E-state index is -0.936. The van der Waals surface area contributed by atoms with Gasteiger partial charge in [-0.2, -0.15) is 0 Å². The van der Waals surface area contributed by atoms with Crippen LogP contribution in [-0.2, 0) is 10.2 Å². The lowest BCUT2D eigenvalue weighted by molar-refractivity contribution is -0.384. The molecule has 4 N–H and O–H groups in total. The van der Waals surface area contributed by atoms with E-state index in [9.17, 15) is 24.8 Å². The summed E-state index contributed by atoms with van der Waals surface area (Å²) in [5, 5.41) is 24.9. The molecule has 0 aromatic heterocycles. The van der Waals surface area contributed by atoms with Crippen molar-refractivity contribution in [3.63, 3.8) is 0 Å². The quantitative estimate of drug-likeness (QED) is 0.208. The van der Waals surface area contributed by atoms with E-state index in [1.807, 2.05) is 60.7 Å². The van der Waals surface area contributed by atoms with Crippen LogP contribution in [-0.4, -0.2) is 77.0 Å². The fourth-order valence-electron chi connectivity index (χ4n) is 5.78.